The first kappa shape index (κ1) is 18.0. The van der Waals surface area contributed by atoms with Gasteiger partial charge < -0.3 is 14.7 Å². The number of carbonyl (C=O) groups excluding carboxylic acids is 1. The van der Waals surface area contributed by atoms with Crippen molar-refractivity contribution in [2.75, 3.05) is 26.3 Å². The molecular weight excluding hydrogens is 270 g/mol. The molecule has 1 amide bonds. The molecule has 0 atom stereocenters. The van der Waals surface area contributed by atoms with Crippen LogP contribution < -0.4 is 0 Å². The van der Waals surface area contributed by atoms with Crippen LogP contribution in [0, 0.1) is 5.41 Å². The molecule has 5 nitrogen and oxygen atoms in total. The lowest BCUT2D eigenvalue weighted by molar-refractivity contribution is -0.142. The summed E-state index contributed by atoms with van der Waals surface area (Å²) >= 11 is 0. The first-order valence-corrected chi connectivity index (χ1v) is 8.10. The summed E-state index contributed by atoms with van der Waals surface area (Å²) in [5, 5.41) is 9.17. The van der Waals surface area contributed by atoms with E-state index in [9.17, 15) is 9.59 Å². The fourth-order valence-electron chi connectivity index (χ4n) is 3.25. The zero-order chi connectivity index (χ0) is 15.7. The van der Waals surface area contributed by atoms with Gasteiger partial charge in [0.05, 0.1) is 13.0 Å². The summed E-state index contributed by atoms with van der Waals surface area (Å²) in [4.78, 5) is 25.4. The monoisotopic (exact) mass is 299 g/mol. The molecule has 122 valence electrons. The Kier molecular flexibility index (Phi) is 7.72. The van der Waals surface area contributed by atoms with Crippen molar-refractivity contribution in [3.8, 4) is 0 Å². The largest absolute Gasteiger partial charge is 0.481 e. The Labute approximate surface area is 127 Å². The SMILES string of the molecule is CCOCCN(CC)C(=O)CC1(CC(=O)O)CCCCC1. The van der Waals surface area contributed by atoms with Crippen LogP contribution >= 0.6 is 0 Å². The van der Waals surface area contributed by atoms with Gasteiger partial charge in [-0.2, -0.15) is 0 Å². The standard InChI is InChI=1S/C16H29NO4/c1-3-17(10-11-21-4-2)14(18)12-16(13-15(19)20)8-6-5-7-9-16/h3-13H2,1-2H3,(H,19,20). The lowest BCUT2D eigenvalue weighted by atomic mass is 9.69. The average molecular weight is 299 g/mol. The molecule has 1 rings (SSSR count). The molecule has 1 fully saturated rings. The van der Waals surface area contributed by atoms with E-state index in [2.05, 4.69) is 0 Å². The Morgan fingerprint density at radius 2 is 1.81 bits per heavy atom. The van der Waals surface area contributed by atoms with Crippen LogP contribution in [0.4, 0.5) is 0 Å². The van der Waals surface area contributed by atoms with Crippen LogP contribution in [-0.2, 0) is 14.3 Å². The third-order valence-electron chi connectivity index (χ3n) is 4.41. The second kappa shape index (κ2) is 9.03. The number of carboxylic acid groups (broad SMARTS) is 1. The molecule has 1 aliphatic rings. The summed E-state index contributed by atoms with van der Waals surface area (Å²) in [6.07, 6.45) is 5.40. The third kappa shape index (κ3) is 6.04. The van der Waals surface area contributed by atoms with Gasteiger partial charge in [0.15, 0.2) is 0 Å². The second-order valence-corrected chi connectivity index (χ2v) is 5.98. The number of likely N-dealkylation sites (N-methyl/N-ethyl adjacent to an activating group) is 1. The number of hydrogen-bond acceptors (Lipinski definition) is 3. The number of carbonyl (C=O) groups is 2. The lowest BCUT2D eigenvalue weighted by Gasteiger charge is -2.37. The molecule has 0 radical (unpaired) electrons. The maximum atomic E-state index is 12.5. The molecule has 0 unspecified atom stereocenters. The summed E-state index contributed by atoms with van der Waals surface area (Å²) in [6.45, 7) is 6.31. The van der Waals surface area contributed by atoms with Crippen LogP contribution in [0.15, 0.2) is 0 Å². The first-order chi connectivity index (χ1) is 10.0. The zero-order valence-electron chi connectivity index (χ0n) is 13.4. The number of rotatable bonds is 9. The maximum Gasteiger partial charge on any atom is 0.303 e. The molecule has 0 heterocycles. The summed E-state index contributed by atoms with van der Waals surface area (Å²) < 4.78 is 5.31. The van der Waals surface area contributed by atoms with E-state index in [-0.39, 0.29) is 17.7 Å². The summed E-state index contributed by atoms with van der Waals surface area (Å²) in [7, 11) is 0. The predicted octanol–water partition coefficient (Wildman–Crippen LogP) is 2.69. The molecule has 1 N–H and O–H groups in total. The van der Waals surface area contributed by atoms with E-state index in [4.69, 9.17) is 9.84 Å². The van der Waals surface area contributed by atoms with Crippen molar-refractivity contribution < 1.29 is 19.4 Å². The van der Waals surface area contributed by atoms with Crippen molar-refractivity contribution in [2.45, 2.75) is 58.8 Å². The van der Waals surface area contributed by atoms with Crippen molar-refractivity contribution in [3.05, 3.63) is 0 Å². The number of carboxylic acids is 1. The second-order valence-electron chi connectivity index (χ2n) is 5.98. The fourth-order valence-corrected chi connectivity index (χ4v) is 3.25. The Balaban J connectivity index is 2.63. The molecular formula is C16H29NO4. The van der Waals surface area contributed by atoms with Crippen molar-refractivity contribution in [2.24, 2.45) is 5.41 Å². The number of amides is 1. The molecule has 0 bridgehead atoms. The first-order valence-electron chi connectivity index (χ1n) is 8.10. The highest BCUT2D eigenvalue weighted by Gasteiger charge is 2.37. The Bertz CT molecular complexity index is 337. The van der Waals surface area contributed by atoms with Crippen LogP contribution in [0.1, 0.15) is 58.8 Å². The number of ether oxygens (including phenoxy) is 1. The number of hydrogen-bond donors (Lipinski definition) is 1. The fraction of sp³-hybridized carbons (Fsp3) is 0.875. The molecule has 0 aromatic carbocycles. The molecule has 0 spiro atoms. The smallest absolute Gasteiger partial charge is 0.303 e. The normalized spacial score (nSPS) is 17.4. The molecule has 0 aromatic rings. The molecule has 0 saturated heterocycles. The molecule has 0 aromatic heterocycles. The van der Waals surface area contributed by atoms with Crippen molar-refractivity contribution in [1.82, 2.24) is 4.90 Å². The molecule has 1 saturated carbocycles. The molecule has 21 heavy (non-hydrogen) atoms. The van der Waals surface area contributed by atoms with Crippen molar-refractivity contribution in [1.29, 1.82) is 0 Å². The quantitative estimate of drug-likeness (QED) is 0.665. The van der Waals surface area contributed by atoms with E-state index < -0.39 is 5.97 Å². The minimum atomic E-state index is -0.790. The molecule has 5 heteroatoms. The van der Waals surface area contributed by atoms with Crippen molar-refractivity contribution >= 4 is 11.9 Å². The highest BCUT2D eigenvalue weighted by atomic mass is 16.5. The van der Waals surface area contributed by atoms with Gasteiger partial charge >= 0.3 is 5.97 Å². The van der Waals surface area contributed by atoms with Gasteiger partial charge in [0.25, 0.3) is 0 Å². The van der Waals surface area contributed by atoms with Gasteiger partial charge in [-0.1, -0.05) is 19.3 Å². The van der Waals surface area contributed by atoms with Gasteiger partial charge in [0, 0.05) is 26.1 Å². The molecule has 0 aliphatic heterocycles. The summed E-state index contributed by atoms with van der Waals surface area (Å²) in [5.41, 5.74) is -0.333. The van der Waals surface area contributed by atoms with Crippen molar-refractivity contribution in [3.63, 3.8) is 0 Å². The van der Waals surface area contributed by atoms with Gasteiger partial charge in [-0.15, -0.1) is 0 Å². The van der Waals surface area contributed by atoms with Crippen LogP contribution in [0.5, 0.6) is 0 Å². The predicted molar refractivity (Wildman–Crippen MR) is 81.1 cm³/mol. The van der Waals surface area contributed by atoms with E-state index in [1.54, 1.807) is 4.90 Å². The van der Waals surface area contributed by atoms with E-state index in [1.807, 2.05) is 13.8 Å². The van der Waals surface area contributed by atoms with Crippen LogP contribution in [-0.4, -0.2) is 48.2 Å². The zero-order valence-corrected chi connectivity index (χ0v) is 13.4. The maximum absolute atomic E-state index is 12.5. The average Bonchev–Trinajstić information content (AvgIpc) is 2.43. The Morgan fingerprint density at radius 3 is 2.33 bits per heavy atom. The van der Waals surface area contributed by atoms with Crippen LogP contribution in [0.25, 0.3) is 0 Å². The van der Waals surface area contributed by atoms with E-state index in [0.29, 0.717) is 32.7 Å². The number of nitrogens with zero attached hydrogens (tertiary/aromatic N) is 1. The van der Waals surface area contributed by atoms with E-state index in [0.717, 1.165) is 32.1 Å². The van der Waals surface area contributed by atoms with Gasteiger partial charge in [-0.05, 0) is 32.1 Å². The summed E-state index contributed by atoms with van der Waals surface area (Å²) in [5.74, 6) is -0.720. The molecule has 1 aliphatic carbocycles. The van der Waals surface area contributed by atoms with E-state index in [1.165, 1.54) is 0 Å². The van der Waals surface area contributed by atoms with Crippen LogP contribution in [0.3, 0.4) is 0 Å². The van der Waals surface area contributed by atoms with E-state index >= 15 is 0 Å². The minimum absolute atomic E-state index is 0.0698. The van der Waals surface area contributed by atoms with Gasteiger partial charge in [0.2, 0.25) is 5.91 Å². The Morgan fingerprint density at radius 1 is 1.14 bits per heavy atom. The minimum Gasteiger partial charge on any atom is -0.481 e. The third-order valence-corrected chi connectivity index (χ3v) is 4.41. The highest BCUT2D eigenvalue weighted by Crippen LogP contribution is 2.42. The Hall–Kier alpha value is -1.10. The topological polar surface area (TPSA) is 66.8 Å². The van der Waals surface area contributed by atoms with Crippen LogP contribution in [0.2, 0.25) is 0 Å². The number of aliphatic carboxylic acids is 1. The van der Waals surface area contributed by atoms with Gasteiger partial charge in [-0.25, -0.2) is 0 Å². The summed E-state index contributed by atoms with van der Waals surface area (Å²) in [6, 6.07) is 0. The van der Waals surface area contributed by atoms with Gasteiger partial charge in [0.1, 0.15) is 0 Å². The highest BCUT2D eigenvalue weighted by molar-refractivity contribution is 5.78. The van der Waals surface area contributed by atoms with Gasteiger partial charge in [-0.3, -0.25) is 9.59 Å². The lowest BCUT2D eigenvalue weighted by Crippen LogP contribution is -2.39.